The zero-order chi connectivity index (χ0) is 24.0. The van der Waals surface area contributed by atoms with Crippen molar-refractivity contribution in [1.82, 2.24) is 16.0 Å². The van der Waals surface area contributed by atoms with Gasteiger partial charge in [-0.05, 0) is 23.3 Å². The number of hydrogen-bond donors (Lipinski definition) is 4. The first-order valence-electron chi connectivity index (χ1n) is 10.3. The van der Waals surface area contributed by atoms with Gasteiger partial charge in [0.25, 0.3) is 0 Å². The first kappa shape index (κ1) is 24.1. The molecule has 0 bridgehead atoms. The molecule has 1 aliphatic heterocycles. The summed E-state index contributed by atoms with van der Waals surface area (Å²) in [4.78, 5) is 49.3. The third kappa shape index (κ3) is 6.45. The molecule has 9 nitrogen and oxygen atoms in total. The summed E-state index contributed by atoms with van der Waals surface area (Å²) in [6.45, 7) is 0. The number of piperazine rings is 1. The molecule has 1 saturated heterocycles. The first-order valence-corrected chi connectivity index (χ1v) is 10.7. The number of methoxy groups -OCH3 is 1. The second-order valence-electron chi connectivity index (χ2n) is 7.71. The van der Waals surface area contributed by atoms with Crippen LogP contribution in [0.5, 0.6) is 5.75 Å². The largest absolute Gasteiger partial charge is 0.495 e. The molecule has 10 heteroatoms. The van der Waals surface area contributed by atoms with Crippen LogP contribution in [0.3, 0.4) is 0 Å². The van der Waals surface area contributed by atoms with Gasteiger partial charge in [-0.3, -0.25) is 19.2 Å². The fourth-order valence-corrected chi connectivity index (χ4v) is 3.83. The van der Waals surface area contributed by atoms with Crippen molar-refractivity contribution in [2.75, 3.05) is 7.11 Å². The predicted octanol–water partition coefficient (Wildman–Crippen LogP) is 0.477. The normalized spacial score (nSPS) is 18.6. The van der Waals surface area contributed by atoms with Crippen LogP contribution in [-0.2, 0) is 32.0 Å². The molecule has 2 aromatic rings. The number of benzene rings is 2. The van der Waals surface area contributed by atoms with Gasteiger partial charge >= 0.3 is 0 Å². The second-order valence-corrected chi connectivity index (χ2v) is 8.12. The predicted molar refractivity (Wildman–Crippen MR) is 121 cm³/mol. The van der Waals surface area contributed by atoms with E-state index in [1.165, 1.54) is 7.11 Å². The van der Waals surface area contributed by atoms with Gasteiger partial charge in [0.05, 0.1) is 18.6 Å². The maximum absolute atomic E-state index is 12.5. The van der Waals surface area contributed by atoms with Crippen molar-refractivity contribution in [2.45, 2.75) is 37.4 Å². The number of nitrogens with one attached hydrogen (secondary N) is 3. The molecule has 174 valence electrons. The molecule has 0 unspecified atom stereocenters. The van der Waals surface area contributed by atoms with Crippen LogP contribution in [-0.4, -0.2) is 48.9 Å². The van der Waals surface area contributed by atoms with E-state index in [4.69, 9.17) is 22.1 Å². The van der Waals surface area contributed by atoms with Crippen molar-refractivity contribution in [3.63, 3.8) is 0 Å². The molecule has 3 rings (SSSR count). The fourth-order valence-electron chi connectivity index (χ4n) is 3.55. The lowest BCUT2D eigenvalue weighted by atomic mass is 10.0. The van der Waals surface area contributed by atoms with Crippen LogP contribution in [0.25, 0.3) is 0 Å². The molecule has 2 aromatic carbocycles. The Kier molecular flexibility index (Phi) is 7.89. The van der Waals surface area contributed by atoms with E-state index in [2.05, 4.69) is 16.0 Å². The van der Waals surface area contributed by atoms with Gasteiger partial charge in [0, 0.05) is 12.8 Å². The van der Waals surface area contributed by atoms with Crippen molar-refractivity contribution in [1.29, 1.82) is 0 Å². The maximum atomic E-state index is 12.5. The summed E-state index contributed by atoms with van der Waals surface area (Å²) in [6.07, 6.45) is 0.113. The van der Waals surface area contributed by atoms with Crippen LogP contribution in [0, 0.1) is 0 Å². The lowest BCUT2D eigenvalue weighted by molar-refractivity contribution is -0.138. The molecule has 1 heterocycles. The Hall–Kier alpha value is -3.59. The number of primary amides is 1. The third-order valence-electron chi connectivity index (χ3n) is 5.27. The molecule has 0 aromatic heterocycles. The van der Waals surface area contributed by atoms with E-state index in [0.717, 1.165) is 5.56 Å². The van der Waals surface area contributed by atoms with E-state index in [0.29, 0.717) is 22.8 Å². The zero-order valence-electron chi connectivity index (χ0n) is 18.0. The minimum atomic E-state index is -1.05. The second kappa shape index (κ2) is 10.8. The summed E-state index contributed by atoms with van der Waals surface area (Å²) < 4.78 is 5.10. The number of nitrogens with two attached hydrogens (primary N) is 1. The van der Waals surface area contributed by atoms with Crippen LogP contribution >= 0.6 is 11.6 Å². The van der Waals surface area contributed by atoms with Gasteiger partial charge in [0.2, 0.25) is 23.6 Å². The van der Waals surface area contributed by atoms with Gasteiger partial charge in [-0.25, -0.2) is 0 Å². The monoisotopic (exact) mass is 472 g/mol. The average molecular weight is 473 g/mol. The van der Waals surface area contributed by atoms with Gasteiger partial charge in [-0.1, -0.05) is 48.0 Å². The summed E-state index contributed by atoms with van der Waals surface area (Å²) in [5.74, 6) is -1.71. The van der Waals surface area contributed by atoms with Gasteiger partial charge < -0.3 is 26.4 Å². The lowest BCUT2D eigenvalue weighted by Crippen LogP contribution is -2.63. The fraction of sp³-hybridized carbons (Fsp3) is 0.304. The molecule has 0 aliphatic carbocycles. The molecule has 33 heavy (non-hydrogen) atoms. The van der Waals surface area contributed by atoms with Crippen molar-refractivity contribution < 1.29 is 23.9 Å². The molecule has 0 saturated carbocycles. The highest BCUT2D eigenvalue weighted by atomic mass is 35.5. The number of rotatable bonds is 9. The zero-order valence-corrected chi connectivity index (χ0v) is 18.7. The maximum Gasteiger partial charge on any atom is 0.243 e. The standard InChI is InChI=1S/C23H25ClN4O5/c1-33-19-8-7-14(9-15(19)24)11-16(21(25)30)26-20(29)12-18-23(32)27-17(22(31)28-18)10-13-5-3-2-4-6-13/h2-9,16-18H,10-12H2,1H3,(H2,25,30)(H,26,29)(H,27,32)(H,28,31)/t16-,17+,18+/m1/s1. The first-order chi connectivity index (χ1) is 15.8. The average Bonchev–Trinajstić information content (AvgIpc) is 2.77. The number of amides is 4. The summed E-state index contributed by atoms with van der Waals surface area (Å²) >= 11 is 6.11. The summed E-state index contributed by atoms with van der Waals surface area (Å²) in [5, 5.41) is 8.12. The van der Waals surface area contributed by atoms with E-state index in [-0.39, 0.29) is 18.7 Å². The topological polar surface area (TPSA) is 140 Å². The molecule has 0 spiro atoms. The quantitative estimate of drug-likeness (QED) is 0.420. The Morgan fingerprint density at radius 3 is 2.36 bits per heavy atom. The Balaban J connectivity index is 1.57. The lowest BCUT2D eigenvalue weighted by Gasteiger charge is -2.29. The third-order valence-corrected chi connectivity index (χ3v) is 5.57. The van der Waals surface area contributed by atoms with Crippen LogP contribution in [0.2, 0.25) is 5.02 Å². The van der Waals surface area contributed by atoms with Crippen LogP contribution in [0.4, 0.5) is 0 Å². The molecule has 0 radical (unpaired) electrons. The highest BCUT2D eigenvalue weighted by Gasteiger charge is 2.35. The molecule has 5 N–H and O–H groups in total. The Morgan fingerprint density at radius 1 is 1.06 bits per heavy atom. The minimum Gasteiger partial charge on any atom is -0.495 e. The van der Waals surface area contributed by atoms with E-state index in [1.54, 1.807) is 18.2 Å². The van der Waals surface area contributed by atoms with Crippen molar-refractivity contribution >= 4 is 35.2 Å². The molecule has 4 amide bonds. The van der Waals surface area contributed by atoms with Gasteiger partial charge in [-0.2, -0.15) is 0 Å². The minimum absolute atomic E-state index is 0.104. The smallest absolute Gasteiger partial charge is 0.243 e. The number of halogens is 1. The van der Waals surface area contributed by atoms with E-state index in [1.807, 2.05) is 30.3 Å². The highest BCUT2D eigenvalue weighted by molar-refractivity contribution is 6.32. The van der Waals surface area contributed by atoms with Gasteiger partial charge in [0.1, 0.15) is 23.9 Å². The van der Waals surface area contributed by atoms with Crippen molar-refractivity contribution in [3.8, 4) is 5.75 Å². The highest BCUT2D eigenvalue weighted by Crippen LogP contribution is 2.25. The van der Waals surface area contributed by atoms with Crippen LogP contribution in [0.1, 0.15) is 17.5 Å². The Morgan fingerprint density at radius 2 is 1.73 bits per heavy atom. The molecule has 1 aliphatic rings. The van der Waals surface area contributed by atoms with E-state index in [9.17, 15) is 19.2 Å². The van der Waals surface area contributed by atoms with Crippen molar-refractivity contribution in [3.05, 3.63) is 64.7 Å². The number of hydrogen-bond acceptors (Lipinski definition) is 5. The number of ether oxygens (including phenoxy) is 1. The van der Waals surface area contributed by atoms with Crippen molar-refractivity contribution in [2.24, 2.45) is 5.73 Å². The number of carbonyl (C=O) groups excluding carboxylic acids is 4. The molecule has 1 fully saturated rings. The van der Waals surface area contributed by atoms with Crippen LogP contribution in [0.15, 0.2) is 48.5 Å². The van der Waals surface area contributed by atoms with E-state index < -0.39 is 35.8 Å². The van der Waals surface area contributed by atoms with Gasteiger partial charge in [-0.15, -0.1) is 0 Å². The molecular formula is C23H25ClN4O5. The van der Waals surface area contributed by atoms with Crippen LogP contribution < -0.4 is 26.4 Å². The Labute approximate surface area is 196 Å². The Bertz CT molecular complexity index is 1050. The molecular weight excluding hydrogens is 448 g/mol. The SMILES string of the molecule is COc1ccc(C[C@@H](NC(=O)C[C@@H]2NC(=O)[C@H](Cc3ccccc3)NC2=O)C(N)=O)cc1Cl. The summed E-state index contributed by atoms with van der Waals surface area (Å²) in [5.41, 5.74) is 7.00. The molecule has 3 atom stereocenters. The van der Waals surface area contributed by atoms with E-state index >= 15 is 0 Å². The summed E-state index contributed by atoms with van der Waals surface area (Å²) in [6, 6.07) is 11.4. The summed E-state index contributed by atoms with van der Waals surface area (Å²) in [7, 11) is 1.48. The number of carbonyl (C=O) groups is 4. The van der Waals surface area contributed by atoms with Gasteiger partial charge in [0.15, 0.2) is 0 Å².